The summed E-state index contributed by atoms with van der Waals surface area (Å²) in [5.74, 6) is -0.877. The summed E-state index contributed by atoms with van der Waals surface area (Å²) < 4.78 is 0. The molecule has 86 valence electrons. The van der Waals surface area contributed by atoms with Crippen LogP contribution in [0.15, 0.2) is 0 Å². The topological polar surface area (TPSA) is 72.9 Å². The normalized spacial score (nSPS) is 15.1. The molecule has 0 unspecified atom stereocenters. The minimum Gasteiger partial charge on any atom is -0.481 e. The highest BCUT2D eigenvalue weighted by molar-refractivity contribution is 5.75. The van der Waals surface area contributed by atoms with Crippen LogP contribution in [0.1, 0.15) is 19.3 Å². The summed E-state index contributed by atoms with van der Waals surface area (Å²) in [6.45, 7) is 0.277. The van der Waals surface area contributed by atoms with Crippen molar-refractivity contribution in [2.24, 2.45) is 0 Å². The van der Waals surface area contributed by atoms with E-state index in [2.05, 4.69) is 5.43 Å². The van der Waals surface area contributed by atoms with Crippen molar-refractivity contribution in [2.75, 3.05) is 20.6 Å². The predicted molar refractivity (Wildman–Crippen MR) is 54.2 cm³/mol. The maximum atomic E-state index is 11.6. The van der Waals surface area contributed by atoms with E-state index in [0.717, 1.165) is 12.8 Å². The molecule has 0 saturated heterocycles. The number of carbonyl (C=O) groups is 2. The molecule has 0 bridgehead atoms. The van der Waals surface area contributed by atoms with Crippen LogP contribution in [-0.4, -0.2) is 53.7 Å². The lowest BCUT2D eigenvalue weighted by Crippen LogP contribution is -2.47. The summed E-state index contributed by atoms with van der Waals surface area (Å²) in [6.07, 6.45) is 1.94. The number of nitrogens with zero attached hydrogens (tertiary/aromatic N) is 2. The van der Waals surface area contributed by atoms with E-state index in [-0.39, 0.29) is 25.0 Å². The van der Waals surface area contributed by atoms with E-state index in [1.54, 1.807) is 24.0 Å². The summed E-state index contributed by atoms with van der Waals surface area (Å²) in [5, 5.41) is 10.1. The van der Waals surface area contributed by atoms with Crippen molar-refractivity contribution in [1.29, 1.82) is 0 Å². The molecule has 6 heteroatoms. The number of hydrogen-bond donors (Lipinski definition) is 2. The molecular weight excluding hydrogens is 198 g/mol. The van der Waals surface area contributed by atoms with Gasteiger partial charge in [-0.05, 0) is 12.8 Å². The van der Waals surface area contributed by atoms with Crippen molar-refractivity contribution in [3.05, 3.63) is 0 Å². The van der Waals surface area contributed by atoms with Gasteiger partial charge in [0, 0.05) is 26.7 Å². The number of hydrazine groups is 1. The Labute approximate surface area is 88.8 Å². The van der Waals surface area contributed by atoms with E-state index in [0.29, 0.717) is 0 Å². The molecule has 0 aliphatic heterocycles. The number of carboxylic acid groups (broad SMARTS) is 1. The van der Waals surface area contributed by atoms with E-state index < -0.39 is 5.97 Å². The van der Waals surface area contributed by atoms with Crippen LogP contribution in [0.25, 0.3) is 0 Å². The van der Waals surface area contributed by atoms with Crippen LogP contribution in [-0.2, 0) is 4.79 Å². The Kier molecular flexibility index (Phi) is 3.90. The summed E-state index contributed by atoms with van der Waals surface area (Å²) in [6, 6.07) is 0.00745. The van der Waals surface area contributed by atoms with Crippen LogP contribution in [0.2, 0.25) is 0 Å². The van der Waals surface area contributed by atoms with Gasteiger partial charge in [-0.1, -0.05) is 0 Å². The monoisotopic (exact) mass is 215 g/mol. The zero-order valence-electron chi connectivity index (χ0n) is 9.06. The number of rotatable bonds is 5. The molecule has 0 aromatic rings. The zero-order valence-corrected chi connectivity index (χ0v) is 9.06. The quantitative estimate of drug-likeness (QED) is 0.638. The highest BCUT2D eigenvalue weighted by atomic mass is 16.4. The molecule has 15 heavy (non-hydrogen) atoms. The van der Waals surface area contributed by atoms with Crippen molar-refractivity contribution >= 4 is 12.0 Å². The Morgan fingerprint density at radius 3 is 2.40 bits per heavy atom. The minimum atomic E-state index is -0.877. The van der Waals surface area contributed by atoms with Gasteiger partial charge in [-0.2, -0.15) is 0 Å². The fraction of sp³-hybridized carbons (Fsp3) is 0.778. The van der Waals surface area contributed by atoms with Crippen molar-refractivity contribution < 1.29 is 14.7 Å². The number of urea groups is 1. The Morgan fingerprint density at radius 1 is 1.40 bits per heavy atom. The molecule has 1 fully saturated rings. The first-order valence-corrected chi connectivity index (χ1v) is 4.97. The van der Waals surface area contributed by atoms with Gasteiger partial charge in [0.05, 0.1) is 6.42 Å². The van der Waals surface area contributed by atoms with Gasteiger partial charge in [-0.15, -0.1) is 0 Å². The first-order valence-electron chi connectivity index (χ1n) is 4.97. The molecule has 1 rings (SSSR count). The summed E-state index contributed by atoms with van der Waals surface area (Å²) in [5.41, 5.74) is 2.62. The Balaban J connectivity index is 2.42. The fourth-order valence-electron chi connectivity index (χ4n) is 1.31. The van der Waals surface area contributed by atoms with Crippen molar-refractivity contribution in [1.82, 2.24) is 15.3 Å². The van der Waals surface area contributed by atoms with E-state index in [4.69, 9.17) is 5.11 Å². The smallest absolute Gasteiger partial charge is 0.332 e. The van der Waals surface area contributed by atoms with E-state index in [9.17, 15) is 9.59 Å². The molecule has 0 aromatic carbocycles. The van der Waals surface area contributed by atoms with Gasteiger partial charge in [0.15, 0.2) is 0 Å². The lowest BCUT2D eigenvalue weighted by Gasteiger charge is -2.24. The number of carbonyl (C=O) groups excluding carboxylic acids is 1. The van der Waals surface area contributed by atoms with E-state index in [1.807, 2.05) is 0 Å². The molecular formula is C9H17N3O3. The molecule has 1 saturated carbocycles. The van der Waals surface area contributed by atoms with E-state index >= 15 is 0 Å². The molecule has 2 amide bonds. The van der Waals surface area contributed by atoms with Gasteiger partial charge in [0.25, 0.3) is 0 Å². The van der Waals surface area contributed by atoms with Crippen LogP contribution in [0.4, 0.5) is 4.79 Å². The average molecular weight is 215 g/mol. The maximum Gasteiger partial charge on any atom is 0.332 e. The highest BCUT2D eigenvalue weighted by Crippen LogP contribution is 2.26. The summed E-state index contributed by atoms with van der Waals surface area (Å²) in [4.78, 5) is 23.6. The van der Waals surface area contributed by atoms with Gasteiger partial charge in [-0.25, -0.2) is 9.80 Å². The molecule has 0 spiro atoms. The van der Waals surface area contributed by atoms with Gasteiger partial charge in [0.1, 0.15) is 0 Å². The number of amides is 2. The van der Waals surface area contributed by atoms with Crippen LogP contribution in [0, 0.1) is 0 Å². The van der Waals surface area contributed by atoms with Gasteiger partial charge < -0.3 is 10.0 Å². The average Bonchev–Trinajstić information content (AvgIpc) is 2.86. The summed E-state index contributed by atoms with van der Waals surface area (Å²) in [7, 11) is 3.44. The molecule has 0 aromatic heterocycles. The Hall–Kier alpha value is -1.30. The van der Waals surface area contributed by atoms with Crippen molar-refractivity contribution in [3.8, 4) is 0 Å². The minimum absolute atomic E-state index is 0.00263. The van der Waals surface area contributed by atoms with Crippen LogP contribution >= 0.6 is 0 Å². The highest BCUT2D eigenvalue weighted by Gasteiger charge is 2.32. The zero-order chi connectivity index (χ0) is 11.4. The Morgan fingerprint density at radius 2 is 2.00 bits per heavy atom. The molecule has 0 atom stereocenters. The second kappa shape index (κ2) is 4.97. The molecule has 2 N–H and O–H groups in total. The maximum absolute atomic E-state index is 11.6. The molecule has 1 aliphatic carbocycles. The first kappa shape index (κ1) is 11.8. The lowest BCUT2D eigenvalue weighted by atomic mass is 10.4. The number of hydrogen-bond acceptors (Lipinski definition) is 3. The first-order chi connectivity index (χ1) is 7.00. The lowest BCUT2D eigenvalue weighted by molar-refractivity contribution is -0.137. The molecule has 0 heterocycles. The number of nitrogens with one attached hydrogen (secondary N) is 1. The SMILES string of the molecule is CN(C)NC(=O)N(CCC(=O)O)C1CC1. The third-order valence-corrected chi connectivity index (χ3v) is 2.13. The largest absolute Gasteiger partial charge is 0.481 e. The van der Waals surface area contributed by atoms with Crippen molar-refractivity contribution in [3.63, 3.8) is 0 Å². The van der Waals surface area contributed by atoms with Crippen LogP contribution < -0.4 is 5.43 Å². The standard InChI is InChI=1S/C9H17N3O3/c1-11(2)10-9(15)12(7-3-4-7)6-5-8(13)14/h7H,3-6H2,1-2H3,(H,10,15)(H,13,14). The van der Waals surface area contributed by atoms with Gasteiger partial charge >= 0.3 is 12.0 Å². The second-order valence-electron chi connectivity index (χ2n) is 3.88. The molecule has 1 aliphatic rings. The third kappa shape index (κ3) is 4.16. The molecule has 0 radical (unpaired) electrons. The summed E-state index contributed by atoms with van der Waals surface area (Å²) >= 11 is 0. The predicted octanol–water partition coefficient (Wildman–Crippen LogP) is 0.112. The van der Waals surface area contributed by atoms with Gasteiger partial charge in [0.2, 0.25) is 0 Å². The second-order valence-corrected chi connectivity index (χ2v) is 3.88. The van der Waals surface area contributed by atoms with Gasteiger partial charge in [-0.3, -0.25) is 10.2 Å². The van der Waals surface area contributed by atoms with Crippen molar-refractivity contribution in [2.45, 2.75) is 25.3 Å². The third-order valence-electron chi connectivity index (χ3n) is 2.13. The van der Waals surface area contributed by atoms with Crippen LogP contribution in [0.5, 0.6) is 0 Å². The number of aliphatic carboxylic acids is 1. The molecule has 6 nitrogen and oxygen atoms in total. The Bertz CT molecular complexity index is 251. The van der Waals surface area contributed by atoms with E-state index in [1.165, 1.54) is 0 Å². The van der Waals surface area contributed by atoms with Crippen LogP contribution in [0.3, 0.4) is 0 Å². The fourth-order valence-corrected chi connectivity index (χ4v) is 1.31. The number of carboxylic acids is 1.